The van der Waals surface area contributed by atoms with Crippen molar-refractivity contribution in [1.29, 1.82) is 0 Å². The molecule has 2 nitrogen and oxygen atoms in total. The maximum atomic E-state index is 5.79. The van der Waals surface area contributed by atoms with Crippen molar-refractivity contribution in [3.8, 4) is 0 Å². The Bertz CT molecular complexity index is 421. The van der Waals surface area contributed by atoms with Crippen molar-refractivity contribution in [2.75, 3.05) is 5.75 Å². The number of nitrogens with two attached hydrogens (primary N) is 1. The number of nitrogens with one attached hydrogen (secondary N) is 1. The quantitative estimate of drug-likeness (QED) is 0.599. The molecule has 21 heavy (non-hydrogen) atoms. The predicted octanol–water partition coefficient (Wildman–Crippen LogP) is 4.52. The summed E-state index contributed by atoms with van der Waals surface area (Å²) in [5, 5.41) is 0.851. The van der Waals surface area contributed by atoms with E-state index in [1.165, 1.54) is 62.5 Å². The fourth-order valence-corrected chi connectivity index (χ4v) is 4.87. The van der Waals surface area contributed by atoms with Gasteiger partial charge in [0.05, 0.1) is 6.04 Å². The average Bonchev–Trinajstić information content (AvgIpc) is 2.49. The monoisotopic (exact) mass is 304 g/mol. The van der Waals surface area contributed by atoms with E-state index >= 15 is 0 Å². The van der Waals surface area contributed by atoms with E-state index in [4.69, 9.17) is 5.84 Å². The Morgan fingerprint density at radius 3 is 2.29 bits per heavy atom. The van der Waals surface area contributed by atoms with Crippen LogP contribution in [0.4, 0.5) is 0 Å². The van der Waals surface area contributed by atoms with Crippen LogP contribution in [-0.2, 0) is 0 Å². The summed E-state index contributed by atoms with van der Waals surface area (Å²) >= 11 is 2.11. The molecule has 0 amide bonds. The second-order valence-electron chi connectivity index (χ2n) is 6.61. The summed E-state index contributed by atoms with van der Waals surface area (Å²) in [5.41, 5.74) is 5.87. The molecule has 0 radical (unpaired) electrons. The average molecular weight is 305 g/mol. The molecule has 116 valence electrons. The fraction of sp³-hybridized carbons (Fsp3) is 0.667. The summed E-state index contributed by atoms with van der Waals surface area (Å²) in [6.45, 7) is 0. The molecule has 1 aromatic rings. The smallest absolute Gasteiger partial charge is 0.0550 e. The van der Waals surface area contributed by atoms with Crippen molar-refractivity contribution in [3.05, 3.63) is 35.4 Å². The van der Waals surface area contributed by atoms with Crippen molar-refractivity contribution in [2.45, 2.75) is 68.6 Å². The Morgan fingerprint density at radius 2 is 1.71 bits per heavy atom. The van der Waals surface area contributed by atoms with Crippen molar-refractivity contribution >= 4 is 11.8 Å². The molecular formula is C18H28N2S. The highest BCUT2D eigenvalue weighted by Crippen LogP contribution is 2.37. The van der Waals surface area contributed by atoms with Crippen LogP contribution >= 0.6 is 11.8 Å². The molecule has 3 rings (SSSR count). The van der Waals surface area contributed by atoms with Gasteiger partial charge in [-0.05, 0) is 42.7 Å². The van der Waals surface area contributed by atoms with E-state index in [9.17, 15) is 0 Å². The van der Waals surface area contributed by atoms with E-state index in [1.54, 1.807) is 0 Å². The van der Waals surface area contributed by atoms with Gasteiger partial charge in [-0.2, -0.15) is 11.8 Å². The van der Waals surface area contributed by atoms with Crippen LogP contribution in [0.3, 0.4) is 0 Å². The minimum absolute atomic E-state index is 0.285. The van der Waals surface area contributed by atoms with Gasteiger partial charge in [-0.25, -0.2) is 0 Å². The topological polar surface area (TPSA) is 38.0 Å². The zero-order valence-corrected chi connectivity index (χ0v) is 13.7. The molecule has 0 bridgehead atoms. The van der Waals surface area contributed by atoms with Gasteiger partial charge in [-0.3, -0.25) is 11.3 Å². The number of rotatable bonds is 6. The van der Waals surface area contributed by atoms with Crippen LogP contribution in [0.25, 0.3) is 0 Å². The second-order valence-corrected chi connectivity index (χ2v) is 7.94. The van der Waals surface area contributed by atoms with Crippen LogP contribution in [-0.4, -0.2) is 11.0 Å². The van der Waals surface area contributed by atoms with E-state index in [1.807, 2.05) is 0 Å². The minimum Gasteiger partial charge on any atom is -0.271 e. The minimum atomic E-state index is 0.285. The molecule has 0 aliphatic heterocycles. The highest BCUT2D eigenvalue weighted by Gasteiger charge is 2.20. The lowest BCUT2D eigenvalue weighted by Crippen LogP contribution is -2.30. The predicted molar refractivity (Wildman–Crippen MR) is 92.4 cm³/mol. The Morgan fingerprint density at radius 1 is 1.00 bits per heavy atom. The summed E-state index contributed by atoms with van der Waals surface area (Å²) in [7, 11) is 0. The molecule has 0 spiro atoms. The van der Waals surface area contributed by atoms with Crippen LogP contribution in [0.15, 0.2) is 24.3 Å². The van der Waals surface area contributed by atoms with Crippen molar-refractivity contribution < 1.29 is 0 Å². The van der Waals surface area contributed by atoms with E-state index < -0.39 is 0 Å². The van der Waals surface area contributed by atoms with Crippen LogP contribution in [0.2, 0.25) is 0 Å². The van der Waals surface area contributed by atoms with Crippen LogP contribution in [0.1, 0.15) is 74.5 Å². The SMILES string of the molecule is NNC(CSC1CCCCC1)c1ccc(C2CCC2)cc1. The normalized spacial score (nSPS) is 22.0. The molecule has 2 aliphatic carbocycles. The summed E-state index contributed by atoms with van der Waals surface area (Å²) in [6.07, 6.45) is 11.2. The van der Waals surface area contributed by atoms with Gasteiger partial charge in [0.1, 0.15) is 0 Å². The molecule has 0 saturated heterocycles. The lowest BCUT2D eigenvalue weighted by atomic mass is 9.80. The first-order valence-corrected chi connectivity index (χ1v) is 9.59. The van der Waals surface area contributed by atoms with Crippen LogP contribution < -0.4 is 11.3 Å². The molecule has 1 atom stereocenters. The van der Waals surface area contributed by atoms with Crippen molar-refractivity contribution in [1.82, 2.24) is 5.43 Å². The Labute approximate surface area is 133 Å². The molecule has 0 heterocycles. The summed E-state index contributed by atoms with van der Waals surface area (Å²) < 4.78 is 0. The molecule has 2 saturated carbocycles. The van der Waals surface area contributed by atoms with E-state index in [2.05, 4.69) is 41.5 Å². The lowest BCUT2D eigenvalue weighted by molar-refractivity contribution is 0.419. The highest BCUT2D eigenvalue weighted by atomic mass is 32.2. The van der Waals surface area contributed by atoms with Gasteiger partial charge in [0.15, 0.2) is 0 Å². The first-order chi connectivity index (χ1) is 10.4. The van der Waals surface area contributed by atoms with Crippen molar-refractivity contribution in [2.24, 2.45) is 5.84 Å². The first kappa shape index (κ1) is 15.4. The lowest BCUT2D eigenvalue weighted by Gasteiger charge is -2.27. The van der Waals surface area contributed by atoms with E-state index in [0.29, 0.717) is 0 Å². The molecule has 2 aliphatic rings. The molecule has 3 heteroatoms. The van der Waals surface area contributed by atoms with Crippen LogP contribution in [0.5, 0.6) is 0 Å². The maximum absolute atomic E-state index is 5.79. The first-order valence-electron chi connectivity index (χ1n) is 8.54. The maximum Gasteiger partial charge on any atom is 0.0550 e. The van der Waals surface area contributed by atoms with Gasteiger partial charge in [-0.15, -0.1) is 0 Å². The number of thioether (sulfide) groups is 1. The van der Waals surface area contributed by atoms with Gasteiger partial charge in [0.2, 0.25) is 0 Å². The highest BCUT2D eigenvalue weighted by molar-refractivity contribution is 7.99. The summed E-state index contributed by atoms with van der Waals surface area (Å²) in [4.78, 5) is 0. The third kappa shape index (κ3) is 4.02. The molecular weight excluding hydrogens is 276 g/mol. The number of hydrogen-bond donors (Lipinski definition) is 2. The Hall–Kier alpha value is -0.510. The van der Waals surface area contributed by atoms with Gasteiger partial charge in [0.25, 0.3) is 0 Å². The summed E-state index contributed by atoms with van der Waals surface area (Å²) in [5.74, 6) is 7.70. The zero-order chi connectivity index (χ0) is 14.5. The molecule has 3 N–H and O–H groups in total. The van der Waals surface area contributed by atoms with Gasteiger partial charge < -0.3 is 0 Å². The Kier molecular flexibility index (Phi) is 5.61. The van der Waals surface area contributed by atoms with E-state index in [-0.39, 0.29) is 6.04 Å². The third-order valence-electron chi connectivity index (χ3n) is 5.17. The fourth-order valence-electron chi connectivity index (χ4n) is 3.45. The number of hydrazine groups is 1. The van der Waals surface area contributed by atoms with Gasteiger partial charge in [0, 0.05) is 11.0 Å². The number of hydrogen-bond acceptors (Lipinski definition) is 3. The number of benzene rings is 1. The summed E-state index contributed by atoms with van der Waals surface area (Å²) in [6, 6.07) is 9.47. The molecule has 1 unspecified atom stereocenters. The molecule has 2 fully saturated rings. The standard InChI is InChI=1S/C18H28N2S/c19-20-18(13-21-17-7-2-1-3-8-17)16-11-9-15(10-12-16)14-5-4-6-14/h9-12,14,17-18,20H,1-8,13,19H2. The second kappa shape index (κ2) is 7.66. The third-order valence-corrected chi connectivity index (χ3v) is 6.64. The van der Waals surface area contributed by atoms with Gasteiger partial charge >= 0.3 is 0 Å². The van der Waals surface area contributed by atoms with E-state index in [0.717, 1.165) is 16.9 Å². The molecule has 0 aromatic heterocycles. The van der Waals surface area contributed by atoms with Crippen molar-refractivity contribution in [3.63, 3.8) is 0 Å². The zero-order valence-electron chi connectivity index (χ0n) is 12.9. The Balaban J connectivity index is 1.54. The largest absolute Gasteiger partial charge is 0.271 e. The van der Waals surface area contributed by atoms with Crippen LogP contribution in [0, 0.1) is 0 Å². The molecule has 1 aromatic carbocycles. The van der Waals surface area contributed by atoms with Gasteiger partial charge in [-0.1, -0.05) is 49.9 Å².